The third-order valence-corrected chi connectivity index (χ3v) is 3.31. The van der Waals surface area contributed by atoms with Crippen LogP contribution in [0.15, 0.2) is 16.7 Å². The van der Waals surface area contributed by atoms with E-state index in [1.165, 1.54) is 6.26 Å². The number of hydrogen-bond donors (Lipinski definition) is 2. The number of carbonyl (C=O) groups is 1. The summed E-state index contributed by atoms with van der Waals surface area (Å²) in [6, 6.07) is 1.65. The Labute approximate surface area is 94.6 Å². The maximum Gasteiger partial charge on any atom is 0.255 e. The molecule has 0 aliphatic heterocycles. The van der Waals surface area contributed by atoms with Crippen LogP contribution in [0.25, 0.3) is 0 Å². The Hall–Kier alpha value is -1.29. The van der Waals surface area contributed by atoms with E-state index in [9.17, 15) is 9.90 Å². The quantitative estimate of drug-likeness (QED) is 0.812. The fourth-order valence-electron chi connectivity index (χ4n) is 1.94. The van der Waals surface area contributed by atoms with E-state index in [0.717, 1.165) is 12.8 Å². The van der Waals surface area contributed by atoms with Crippen molar-refractivity contribution in [3.63, 3.8) is 0 Å². The zero-order valence-electron chi connectivity index (χ0n) is 9.62. The van der Waals surface area contributed by atoms with Gasteiger partial charge >= 0.3 is 0 Å². The SMILES string of the molecule is Cc1occc1C(=O)NC(C)(CO)C1CC1. The van der Waals surface area contributed by atoms with Gasteiger partial charge in [0, 0.05) is 0 Å². The Kier molecular flexibility index (Phi) is 2.76. The maximum absolute atomic E-state index is 12.0. The normalized spacial score (nSPS) is 19.2. The second-order valence-electron chi connectivity index (χ2n) is 4.69. The van der Waals surface area contributed by atoms with Crippen molar-refractivity contribution in [1.82, 2.24) is 5.32 Å². The van der Waals surface area contributed by atoms with Crippen LogP contribution in [0, 0.1) is 12.8 Å². The van der Waals surface area contributed by atoms with Crippen LogP contribution in [0.1, 0.15) is 35.9 Å². The smallest absolute Gasteiger partial charge is 0.255 e. The molecule has 1 aliphatic carbocycles. The highest BCUT2D eigenvalue weighted by Crippen LogP contribution is 2.39. The van der Waals surface area contributed by atoms with Crippen molar-refractivity contribution in [1.29, 1.82) is 0 Å². The minimum Gasteiger partial charge on any atom is -0.469 e. The molecule has 1 atom stereocenters. The zero-order chi connectivity index (χ0) is 11.8. The van der Waals surface area contributed by atoms with Crippen LogP contribution in [-0.2, 0) is 0 Å². The molecular formula is C12H17NO3. The molecule has 1 heterocycles. The topological polar surface area (TPSA) is 62.5 Å². The Morgan fingerprint density at radius 3 is 2.81 bits per heavy atom. The van der Waals surface area contributed by atoms with Crippen LogP contribution in [0.4, 0.5) is 0 Å². The molecule has 4 heteroatoms. The van der Waals surface area contributed by atoms with Gasteiger partial charge in [-0.3, -0.25) is 4.79 Å². The molecular weight excluding hydrogens is 206 g/mol. The lowest BCUT2D eigenvalue weighted by atomic mass is 9.96. The second kappa shape index (κ2) is 3.94. The van der Waals surface area contributed by atoms with Crippen molar-refractivity contribution >= 4 is 5.91 Å². The maximum atomic E-state index is 12.0. The molecule has 0 radical (unpaired) electrons. The summed E-state index contributed by atoms with van der Waals surface area (Å²) in [4.78, 5) is 12.0. The zero-order valence-corrected chi connectivity index (χ0v) is 9.62. The van der Waals surface area contributed by atoms with E-state index in [1.54, 1.807) is 13.0 Å². The third kappa shape index (κ3) is 1.97. The number of furan rings is 1. The number of aliphatic hydroxyl groups excluding tert-OH is 1. The molecule has 1 aromatic heterocycles. The molecule has 0 spiro atoms. The average molecular weight is 223 g/mol. The lowest BCUT2D eigenvalue weighted by Gasteiger charge is -2.28. The highest BCUT2D eigenvalue weighted by atomic mass is 16.3. The largest absolute Gasteiger partial charge is 0.469 e. The van der Waals surface area contributed by atoms with E-state index in [4.69, 9.17) is 4.42 Å². The molecule has 1 amide bonds. The molecule has 0 saturated heterocycles. The highest BCUT2D eigenvalue weighted by Gasteiger charge is 2.42. The average Bonchev–Trinajstić information content (AvgIpc) is 3.02. The standard InChI is InChI=1S/C12H17NO3/c1-8-10(5-6-16-8)11(15)13-12(2,7-14)9-3-4-9/h5-6,9,14H,3-4,7H2,1-2H3,(H,13,15). The van der Waals surface area contributed by atoms with Gasteiger partial charge in [0.25, 0.3) is 5.91 Å². The van der Waals surface area contributed by atoms with E-state index in [1.807, 2.05) is 6.92 Å². The number of nitrogens with one attached hydrogen (secondary N) is 1. The van der Waals surface area contributed by atoms with E-state index < -0.39 is 5.54 Å². The summed E-state index contributed by atoms with van der Waals surface area (Å²) in [5.74, 6) is 0.831. The first-order valence-corrected chi connectivity index (χ1v) is 5.54. The van der Waals surface area contributed by atoms with Gasteiger partial charge in [-0.05, 0) is 38.7 Å². The summed E-state index contributed by atoms with van der Waals surface area (Å²) < 4.78 is 5.09. The molecule has 0 aromatic carbocycles. The number of carbonyl (C=O) groups excluding carboxylic acids is 1. The molecule has 1 aliphatic rings. The minimum atomic E-state index is -0.499. The summed E-state index contributed by atoms with van der Waals surface area (Å²) in [5.41, 5.74) is 0.0428. The summed E-state index contributed by atoms with van der Waals surface area (Å²) in [6.45, 7) is 3.61. The minimum absolute atomic E-state index is 0.0275. The number of amides is 1. The molecule has 16 heavy (non-hydrogen) atoms. The Balaban J connectivity index is 2.09. The first-order chi connectivity index (χ1) is 7.57. The molecule has 1 unspecified atom stereocenters. The highest BCUT2D eigenvalue weighted by molar-refractivity contribution is 5.95. The van der Waals surface area contributed by atoms with Gasteiger partial charge in [-0.25, -0.2) is 0 Å². The molecule has 1 saturated carbocycles. The number of aliphatic hydroxyl groups is 1. The predicted octanol–water partition coefficient (Wildman–Crippen LogP) is 1.48. The fourth-order valence-corrected chi connectivity index (χ4v) is 1.94. The van der Waals surface area contributed by atoms with Gasteiger partial charge < -0.3 is 14.8 Å². The van der Waals surface area contributed by atoms with Gasteiger partial charge in [0.15, 0.2) is 0 Å². The Bertz CT molecular complexity index is 395. The molecule has 2 N–H and O–H groups in total. The van der Waals surface area contributed by atoms with Gasteiger partial charge in [0.2, 0.25) is 0 Å². The molecule has 2 rings (SSSR count). The van der Waals surface area contributed by atoms with Crippen molar-refractivity contribution < 1.29 is 14.3 Å². The summed E-state index contributed by atoms with van der Waals surface area (Å²) in [6.07, 6.45) is 3.64. The second-order valence-corrected chi connectivity index (χ2v) is 4.69. The summed E-state index contributed by atoms with van der Waals surface area (Å²) in [7, 11) is 0. The molecule has 1 aromatic rings. The van der Waals surface area contributed by atoms with Crippen LogP contribution in [0.2, 0.25) is 0 Å². The van der Waals surface area contributed by atoms with E-state index in [-0.39, 0.29) is 12.5 Å². The lowest BCUT2D eigenvalue weighted by molar-refractivity contribution is 0.0823. The van der Waals surface area contributed by atoms with Crippen LogP contribution >= 0.6 is 0 Å². The first-order valence-electron chi connectivity index (χ1n) is 5.54. The van der Waals surface area contributed by atoms with Crippen LogP contribution < -0.4 is 5.32 Å². The van der Waals surface area contributed by atoms with E-state index in [0.29, 0.717) is 17.2 Å². The van der Waals surface area contributed by atoms with E-state index in [2.05, 4.69) is 5.32 Å². The third-order valence-electron chi connectivity index (χ3n) is 3.31. The van der Waals surface area contributed by atoms with Gasteiger partial charge in [-0.1, -0.05) is 0 Å². The fraction of sp³-hybridized carbons (Fsp3) is 0.583. The van der Waals surface area contributed by atoms with E-state index >= 15 is 0 Å². The van der Waals surface area contributed by atoms with Crippen molar-refractivity contribution in [3.8, 4) is 0 Å². The van der Waals surface area contributed by atoms with Gasteiger partial charge in [0.05, 0.1) is 24.0 Å². The van der Waals surface area contributed by atoms with Crippen LogP contribution in [0.3, 0.4) is 0 Å². The molecule has 0 bridgehead atoms. The Morgan fingerprint density at radius 2 is 2.38 bits per heavy atom. The van der Waals surface area contributed by atoms with Crippen molar-refractivity contribution in [2.24, 2.45) is 5.92 Å². The molecule has 4 nitrogen and oxygen atoms in total. The monoisotopic (exact) mass is 223 g/mol. The summed E-state index contributed by atoms with van der Waals surface area (Å²) in [5, 5.41) is 12.3. The first kappa shape index (κ1) is 11.2. The lowest BCUT2D eigenvalue weighted by Crippen LogP contribution is -2.50. The van der Waals surface area contributed by atoms with Crippen LogP contribution in [0.5, 0.6) is 0 Å². The van der Waals surface area contributed by atoms with Crippen molar-refractivity contribution in [2.75, 3.05) is 6.61 Å². The molecule has 1 fully saturated rings. The van der Waals surface area contributed by atoms with Gasteiger partial charge in [-0.15, -0.1) is 0 Å². The van der Waals surface area contributed by atoms with Gasteiger partial charge in [-0.2, -0.15) is 0 Å². The number of rotatable bonds is 4. The molecule has 88 valence electrons. The Morgan fingerprint density at radius 1 is 1.69 bits per heavy atom. The van der Waals surface area contributed by atoms with Gasteiger partial charge in [0.1, 0.15) is 5.76 Å². The van der Waals surface area contributed by atoms with Crippen molar-refractivity contribution in [2.45, 2.75) is 32.2 Å². The summed E-state index contributed by atoms with van der Waals surface area (Å²) >= 11 is 0. The number of hydrogen-bond acceptors (Lipinski definition) is 3. The van der Waals surface area contributed by atoms with Crippen LogP contribution in [-0.4, -0.2) is 23.2 Å². The number of aryl methyl sites for hydroxylation is 1. The van der Waals surface area contributed by atoms with Crippen molar-refractivity contribution in [3.05, 3.63) is 23.7 Å². The predicted molar refractivity (Wildman–Crippen MR) is 59.1 cm³/mol.